The standard InChI is InChI=1S/C15H26N2O3/c1-3-17(4-2)12-13-8-9-14(20-13)15(19)16-10-6-5-7-11-18/h8-9,18H,3-7,10-12H2,1-2H3,(H,16,19). The van der Waals surface area contributed by atoms with Gasteiger partial charge in [0.2, 0.25) is 0 Å². The van der Waals surface area contributed by atoms with Crippen LogP contribution in [-0.2, 0) is 6.54 Å². The number of unbranched alkanes of at least 4 members (excludes halogenated alkanes) is 2. The third kappa shape index (κ3) is 5.75. The smallest absolute Gasteiger partial charge is 0.286 e. The van der Waals surface area contributed by atoms with Crippen LogP contribution in [0.15, 0.2) is 16.5 Å². The molecule has 0 atom stereocenters. The van der Waals surface area contributed by atoms with E-state index in [0.29, 0.717) is 12.3 Å². The number of hydrogen-bond acceptors (Lipinski definition) is 4. The van der Waals surface area contributed by atoms with Crippen LogP contribution in [0, 0.1) is 0 Å². The Hall–Kier alpha value is -1.33. The number of aliphatic hydroxyl groups is 1. The van der Waals surface area contributed by atoms with Gasteiger partial charge in [0.05, 0.1) is 6.54 Å². The van der Waals surface area contributed by atoms with Crippen LogP contribution in [0.3, 0.4) is 0 Å². The van der Waals surface area contributed by atoms with Gasteiger partial charge < -0.3 is 14.8 Å². The van der Waals surface area contributed by atoms with Crippen molar-refractivity contribution in [2.75, 3.05) is 26.2 Å². The van der Waals surface area contributed by atoms with Crippen molar-refractivity contribution in [3.8, 4) is 0 Å². The van der Waals surface area contributed by atoms with E-state index >= 15 is 0 Å². The van der Waals surface area contributed by atoms with Gasteiger partial charge in [-0.15, -0.1) is 0 Å². The SMILES string of the molecule is CCN(CC)Cc1ccc(C(=O)NCCCCCO)o1. The Morgan fingerprint density at radius 3 is 2.65 bits per heavy atom. The maximum atomic E-state index is 11.8. The van der Waals surface area contributed by atoms with Gasteiger partial charge in [-0.3, -0.25) is 9.69 Å². The summed E-state index contributed by atoms with van der Waals surface area (Å²) in [6, 6.07) is 3.58. The van der Waals surface area contributed by atoms with Crippen molar-refractivity contribution < 1.29 is 14.3 Å². The molecule has 1 amide bonds. The van der Waals surface area contributed by atoms with Crippen LogP contribution in [0.25, 0.3) is 0 Å². The molecule has 114 valence electrons. The molecule has 0 unspecified atom stereocenters. The van der Waals surface area contributed by atoms with E-state index in [9.17, 15) is 4.79 Å². The van der Waals surface area contributed by atoms with Gasteiger partial charge in [-0.25, -0.2) is 0 Å². The number of carbonyl (C=O) groups excluding carboxylic acids is 1. The lowest BCUT2D eigenvalue weighted by Gasteiger charge is -2.15. The minimum Gasteiger partial charge on any atom is -0.455 e. The van der Waals surface area contributed by atoms with E-state index in [-0.39, 0.29) is 12.5 Å². The Bertz CT molecular complexity index is 386. The van der Waals surface area contributed by atoms with Crippen LogP contribution in [0.5, 0.6) is 0 Å². The minimum absolute atomic E-state index is 0.167. The van der Waals surface area contributed by atoms with Crippen molar-refractivity contribution in [3.63, 3.8) is 0 Å². The van der Waals surface area contributed by atoms with E-state index < -0.39 is 0 Å². The number of carbonyl (C=O) groups is 1. The normalized spacial score (nSPS) is 11.0. The molecule has 0 spiro atoms. The average Bonchev–Trinajstić information content (AvgIpc) is 2.93. The maximum absolute atomic E-state index is 11.8. The lowest BCUT2D eigenvalue weighted by Crippen LogP contribution is -2.24. The first kappa shape index (κ1) is 16.7. The van der Waals surface area contributed by atoms with Gasteiger partial charge in [0.15, 0.2) is 5.76 Å². The van der Waals surface area contributed by atoms with Crippen LogP contribution in [0.1, 0.15) is 49.4 Å². The van der Waals surface area contributed by atoms with E-state index in [1.807, 2.05) is 6.07 Å². The summed E-state index contributed by atoms with van der Waals surface area (Å²) in [7, 11) is 0. The van der Waals surface area contributed by atoms with Gasteiger partial charge in [-0.1, -0.05) is 13.8 Å². The van der Waals surface area contributed by atoms with Gasteiger partial charge in [0.25, 0.3) is 5.91 Å². The monoisotopic (exact) mass is 282 g/mol. The Morgan fingerprint density at radius 1 is 1.25 bits per heavy atom. The third-order valence-corrected chi connectivity index (χ3v) is 3.28. The molecule has 0 saturated carbocycles. The lowest BCUT2D eigenvalue weighted by molar-refractivity contribution is 0.0921. The summed E-state index contributed by atoms with van der Waals surface area (Å²) in [5, 5.41) is 11.5. The molecule has 0 aliphatic rings. The van der Waals surface area contributed by atoms with Crippen LogP contribution in [0.4, 0.5) is 0 Å². The molecule has 20 heavy (non-hydrogen) atoms. The van der Waals surface area contributed by atoms with Gasteiger partial charge in [-0.2, -0.15) is 0 Å². The van der Waals surface area contributed by atoms with Gasteiger partial charge >= 0.3 is 0 Å². The zero-order valence-corrected chi connectivity index (χ0v) is 12.5. The Balaban J connectivity index is 2.36. The highest BCUT2D eigenvalue weighted by Crippen LogP contribution is 2.10. The maximum Gasteiger partial charge on any atom is 0.286 e. The second kappa shape index (κ2) is 9.55. The number of hydrogen-bond donors (Lipinski definition) is 2. The fourth-order valence-electron chi connectivity index (χ4n) is 1.96. The van der Waals surface area contributed by atoms with Crippen LogP contribution in [-0.4, -0.2) is 42.2 Å². The van der Waals surface area contributed by atoms with E-state index in [0.717, 1.165) is 44.7 Å². The minimum atomic E-state index is -0.167. The quantitative estimate of drug-likeness (QED) is 0.644. The van der Waals surface area contributed by atoms with Crippen molar-refractivity contribution in [1.82, 2.24) is 10.2 Å². The molecule has 5 nitrogen and oxygen atoms in total. The average molecular weight is 282 g/mol. The highest BCUT2D eigenvalue weighted by Gasteiger charge is 2.11. The first-order valence-corrected chi connectivity index (χ1v) is 7.41. The molecule has 0 aromatic carbocycles. The summed E-state index contributed by atoms with van der Waals surface area (Å²) in [4.78, 5) is 14.1. The first-order chi connectivity index (χ1) is 9.71. The zero-order chi connectivity index (χ0) is 14.8. The molecular formula is C15H26N2O3. The topological polar surface area (TPSA) is 65.7 Å². The van der Waals surface area contributed by atoms with Crippen molar-refractivity contribution in [2.45, 2.75) is 39.7 Å². The fraction of sp³-hybridized carbons (Fsp3) is 0.667. The van der Waals surface area contributed by atoms with E-state index in [1.54, 1.807) is 6.07 Å². The first-order valence-electron chi connectivity index (χ1n) is 7.41. The van der Waals surface area contributed by atoms with Crippen molar-refractivity contribution >= 4 is 5.91 Å². The molecule has 1 aromatic heterocycles. The van der Waals surface area contributed by atoms with Crippen molar-refractivity contribution in [3.05, 3.63) is 23.7 Å². The largest absolute Gasteiger partial charge is 0.455 e. The Morgan fingerprint density at radius 2 is 2.00 bits per heavy atom. The van der Waals surface area contributed by atoms with E-state index in [2.05, 4.69) is 24.1 Å². The molecule has 2 N–H and O–H groups in total. The summed E-state index contributed by atoms with van der Waals surface area (Å²) >= 11 is 0. The van der Waals surface area contributed by atoms with Crippen LogP contribution >= 0.6 is 0 Å². The summed E-state index contributed by atoms with van der Waals surface area (Å²) < 4.78 is 5.56. The van der Waals surface area contributed by atoms with Gasteiger partial charge in [0.1, 0.15) is 5.76 Å². The summed E-state index contributed by atoms with van der Waals surface area (Å²) in [6.45, 7) is 7.69. The predicted octanol–water partition coefficient (Wildman–Crippen LogP) is 2.01. The molecule has 0 bridgehead atoms. The highest BCUT2D eigenvalue weighted by molar-refractivity contribution is 5.91. The molecule has 0 saturated heterocycles. The molecule has 0 aliphatic heterocycles. The molecule has 5 heteroatoms. The third-order valence-electron chi connectivity index (χ3n) is 3.28. The number of nitrogens with one attached hydrogen (secondary N) is 1. The van der Waals surface area contributed by atoms with E-state index in [4.69, 9.17) is 9.52 Å². The lowest BCUT2D eigenvalue weighted by atomic mass is 10.2. The summed E-state index contributed by atoms with van der Waals surface area (Å²) in [5.41, 5.74) is 0. The van der Waals surface area contributed by atoms with Crippen molar-refractivity contribution in [1.29, 1.82) is 0 Å². The second-order valence-electron chi connectivity index (χ2n) is 4.77. The molecule has 1 aromatic rings. The number of furan rings is 1. The molecule has 0 fully saturated rings. The van der Waals surface area contributed by atoms with E-state index in [1.165, 1.54) is 0 Å². The molecule has 0 radical (unpaired) electrons. The number of aliphatic hydroxyl groups excluding tert-OH is 1. The van der Waals surface area contributed by atoms with Crippen LogP contribution in [0.2, 0.25) is 0 Å². The predicted molar refractivity (Wildman–Crippen MR) is 78.6 cm³/mol. The second-order valence-corrected chi connectivity index (χ2v) is 4.77. The molecule has 1 rings (SSSR count). The summed E-state index contributed by atoms with van der Waals surface area (Å²) in [5.74, 6) is 1.02. The number of nitrogens with zero attached hydrogens (tertiary/aromatic N) is 1. The summed E-state index contributed by atoms with van der Waals surface area (Å²) in [6.07, 6.45) is 2.58. The zero-order valence-electron chi connectivity index (χ0n) is 12.5. The molecule has 0 aliphatic carbocycles. The number of rotatable bonds is 10. The van der Waals surface area contributed by atoms with Crippen molar-refractivity contribution in [2.24, 2.45) is 0 Å². The Labute approximate surface area is 121 Å². The molecule has 1 heterocycles. The van der Waals surface area contributed by atoms with Gasteiger partial charge in [0, 0.05) is 13.2 Å². The fourth-order valence-corrected chi connectivity index (χ4v) is 1.96. The Kier molecular flexibility index (Phi) is 7.99. The number of amides is 1. The molecular weight excluding hydrogens is 256 g/mol. The van der Waals surface area contributed by atoms with Gasteiger partial charge in [-0.05, 0) is 44.5 Å². The highest BCUT2D eigenvalue weighted by atomic mass is 16.4. The van der Waals surface area contributed by atoms with Crippen LogP contribution < -0.4 is 5.32 Å².